The van der Waals surface area contributed by atoms with Crippen molar-refractivity contribution in [2.45, 2.75) is 50.7 Å². The van der Waals surface area contributed by atoms with Crippen molar-refractivity contribution in [1.82, 2.24) is 20.5 Å². The summed E-state index contributed by atoms with van der Waals surface area (Å²) in [6.45, 7) is 4.31. The molecule has 2 fully saturated rings. The summed E-state index contributed by atoms with van der Waals surface area (Å²) in [5.41, 5.74) is 2.00. The van der Waals surface area contributed by atoms with Crippen LogP contribution in [0.1, 0.15) is 48.2 Å². The van der Waals surface area contributed by atoms with Gasteiger partial charge >= 0.3 is 0 Å². The van der Waals surface area contributed by atoms with Crippen LogP contribution in [0.5, 0.6) is 0 Å². The largest absolute Gasteiger partial charge is 0.351 e. The number of fused-ring (bicyclic) bond motifs is 1. The first-order chi connectivity index (χ1) is 19.8. The maximum absolute atomic E-state index is 13.7. The topological polar surface area (TPSA) is 128 Å². The number of rotatable bonds is 10. The molecule has 0 bridgehead atoms. The van der Waals surface area contributed by atoms with Crippen LogP contribution in [0.3, 0.4) is 0 Å². The van der Waals surface area contributed by atoms with Gasteiger partial charge < -0.3 is 20.5 Å². The number of benzene rings is 2. The Balaban J connectivity index is 1.33. The Morgan fingerprint density at radius 3 is 2.54 bits per heavy atom. The number of aromatic nitrogens is 1. The second-order valence-corrected chi connectivity index (χ2v) is 10.9. The van der Waals surface area contributed by atoms with Crippen molar-refractivity contribution in [2.75, 3.05) is 6.54 Å². The summed E-state index contributed by atoms with van der Waals surface area (Å²) < 4.78 is 0. The van der Waals surface area contributed by atoms with Crippen LogP contribution in [0.4, 0.5) is 0 Å². The maximum Gasteiger partial charge on any atom is 0.289 e. The zero-order valence-corrected chi connectivity index (χ0v) is 22.8. The van der Waals surface area contributed by atoms with Gasteiger partial charge in [0.25, 0.3) is 11.8 Å². The van der Waals surface area contributed by atoms with Gasteiger partial charge in [-0.15, -0.1) is 6.58 Å². The summed E-state index contributed by atoms with van der Waals surface area (Å²) in [5, 5.41) is 6.26. The van der Waals surface area contributed by atoms with E-state index in [1.54, 1.807) is 12.1 Å². The molecule has 3 amide bonds. The molecule has 5 rings (SSSR count). The molecule has 9 heteroatoms. The van der Waals surface area contributed by atoms with E-state index in [-0.39, 0.29) is 30.6 Å². The van der Waals surface area contributed by atoms with Gasteiger partial charge in [-0.2, -0.15) is 0 Å². The average Bonchev–Trinajstić information content (AvgIpc) is 3.73. The molecule has 2 aliphatic rings. The number of hydrogen-bond donors (Lipinski definition) is 3. The number of Topliss-reactive ketones (excluding diaryl/α,β-unsaturated/α-hetero) is 2. The van der Waals surface area contributed by atoms with E-state index in [0.717, 1.165) is 22.9 Å². The lowest BCUT2D eigenvalue weighted by molar-refractivity contribution is -0.141. The SMILES string of the molecule is C=C[C@@H]1C[C@@H](C(=O)N[C@@H](C[C@@H]2CCCC2=O)C(=O)C(=O)NCc2ccccc2)N(C(=O)c2cc3ccccc3[nH]2)C1. The number of H-pyrrole nitrogens is 1. The molecule has 9 nitrogen and oxygen atoms in total. The number of carbonyl (C=O) groups excluding carboxylic acids is 5. The Labute approximate surface area is 238 Å². The highest BCUT2D eigenvalue weighted by Crippen LogP contribution is 2.29. The highest BCUT2D eigenvalue weighted by molar-refractivity contribution is 6.38. The molecule has 1 saturated carbocycles. The van der Waals surface area contributed by atoms with Gasteiger partial charge in [-0.05, 0) is 49.3 Å². The molecule has 212 valence electrons. The van der Waals surface area contributed by atoms with Gasteiger partial charge in [-0.3, -0.25) is 24.0 Å². The van der Waals surface area contributed by atoms with Crippen molar-refractivity contribution in [1.29, 1.82) is 0 Å². The Bertz CT molecular complexity index is 1450. The van der Waals surface area contributed by atoms with E-state index in [1.165, 1.54) is 4.90 Å². The van der Waals surface area contributed by atoms with Crippen molar-refractivity contribution in [3.05, 3.63) is 84.6 Å². The van der Waals surface area contributed by atoms with Crippen molar-refractivity contribution in [3.63, 3.8) is 0 Å². The molecule has 1 aromatic heterocycles. The molecule has 1 aliphatic heterocycles. The molecule has 0 spiro atoms. The number of nitrogens with one attached hydrogen (secondary N) is 3. The summed E-state index contributed by atoms with van der Waals surface area (Å²) >= 11 is 0. The lowest BCUT2D eigenvalue weighted by atomic mass is 9.94. The quantitative estimate of drug-likeness (QED) is 0.262. The highest BCUT2D eigenvalue weighted by Gasteiger charge is 2.42. The number of likely N-dealkylation sites (tertiary alicyclic amines) is 1. The number of nitrogens with zero attached hydrogens (tertiary/aromatic N) is 1. The zero-order chi connectivity index (χ0) is 28.9. The Morgan fingerprint density at radius 1 is 1.07 bits per heavy atom. The molecule has 2 aromatic carbocycles. The van der Waals surface area contributed by atoms with Gasteiger partial charge in [0.1, 0.15) is 17.5 Å². The number of ketones is 2. The van der Waals surface area contributed by atoms with E-state index in [4.69, 9.17) is 0 Å². The predicted molar refractivity (Wildman–Crippen MR) is 154 cm³/mol. The van der Waals surface area contributed by atoms with Crippen LogP contribution in [-0.2, 0) is 25.7 Å². The van der Waals surface area contributed by atoms with Crippen molar-refractivity contribution >= 4 is 40.2 Å². The predicted octanol–water partition coefficient (Wildman–Crippen LogP) is 3.31. The lowest BCUT2D eigenvalue weighted by Crippen LogP contribution is -2.54. The Kier molecular flexibility index (Phi) is 8.42. The van der Waals surface area contributed by atoms with Gasteiger partial charge in [0, 0.05) is 36.3 Å². The van der Waals surface area contributed by atoms with Gasteiger partial charge in [-0.1, -0.05) is 54.6 Å². The van der Waals surface area contributed by atoms with Crippen LogP contribution in [0.15, 0.2) is 73.3 Å². The number of amides is 3. The second-order valence-electron chi connectivity index (χ2n) is 10.9. The van der Waals surface area contributed by atoms with E-state index in [1.807, 2.05) is 54.6 Å². The molecule has 3 aromatic rings. The molecule has 0 unspecified atom stereocenters. The molecule has 3 N–H and O–H groups in total. The minimum absolute atomic E-state index is 0.0324. The fourth-order valence-electron chi connectivity index (χ4n) is 5.80. The molecule has 1 saturated heterocycles. The van der Waals surface area contributed by atoms with Gasteiger partial charge in [0.15, 0.2) is 0 Å². The normalized spacial score (nSPS) is 21.0. The summed E-state index contributed by atoms with van der Waals surface area (Å²) in [4.78, 5) is 70.5. The van der Waals surface area contributed by atoms with Crippen LogP contribution in [0, 0.1) is 11.8 Å². The average molecular weight is 555 g/mol. The Hall–Kier alpha value is -4.53. The van der Waals surface area contributed by atoms with Crippen LogP contribution >= 0.6 is 0 Å². The van der Waals surface area contributed by atoms with E-state index in [0.29, 0.717) is 31.5 Å². The summed E-state index contributed by atoms with van der Waals surface area (Å²) in [5.74, 6) is -2.98. The minimum Gasteiger partial charge on any atom is -0.351 e. The fourth-order valence-corrected chi connectivity index (χ4v) is 5.80. The van der Waals surface area contributed by atoms with Crippen molar-refractivity contribution < 1.29 is 24.0 Å². The molecular weight excluding hydrogens is 520 g/mol. The first kappa shape index (κ1) is 28.0. The first-order valence-electron chi connectivity index (χ1n) is 14.0. The third-order valence-corrected chi connectivity index (χ3v) is 8.09. The third-order valence-electron chi connectivity index (χ3n) is 8.09. The van der Waals surface area contributed by atoms with Crippen LogP contribution < -0.4 is 10.6 Å². The second kappa shape index (κ2) is 12.3. The van der Waals surface area contributed by atoms with Gasteiger partial charge in [0.2, 0.25) is 11.7 Å². The van der Waals surface area contributed by atoms with Gasteiger partial charge in [0.05, 0.1) is 6.04 Å². The fraction of sp³-hybridized carbons (Fsp3) is 0.344. The first-order valence-corrected chi connectivity index (χ1v) is 14.0. The van der Waals surface area contributed by atoms with E-state index >= 15 is 0 Å². The lowest BCUT2D eigenvalue weighted by Gasteiger charge is -2.26. The maximum atomic E-state index is 13.7. The van der Waals surface area contributed by atoms with E-state index in [9.17, 15) is 24.0 Å². The summed E-state index contributed by atoms with van der Waals surface area (Å²) in [7, 11) is 0. The monoisotopic (exact) mass is 554 g/mol. The standard InChI is InChI=1S/C32H34N4O5/c1-2-20-15-27(36(19-20)32(41)26-16-22-11-6-7-13-24(22)34-26)30(39)35-25(17-23-12-8-14-28(23)37)29(38)31(40)33-18-21-9-4-3-5-10-21/h2-7,9-11,13,16,20,23,25,27,34H,1,8,12,14-15,17-19H2,(H,33,40)(H,35,39)/t20-,23+,25+,27+/m1/s1. The zero-order valence-electron chi connectivity index (χ0n) is 22.8. The summed E-state index contributed by atoms with van der Waals surface area (Å²) in [6, 6.07) is 16.4. The van der Waals surface area contributed by atoms with Gasteiger partial charge in [-0.25, -0.2) is 0 Å². The highest BCUT2D eigenvalue weighted by atomic mass is 16.2. The van der Waals surface area contributed by atoms with Crippen LogP contribution in [0.25, 0.3) is 10.9 Å². The van der Waals surface area contributed by atoms with Crippen molar-refractivity contribution in [2.24, 2.45) is 11.8 Å². The number of carbonyl (C=O) groups is 5. The van der Waals surface area contributed by atoms with Crippen LogP contribution in [0.2, 0.25) is 0 Å². The molecule has 0 radical (unpaired) electrons. The molecule has 1 aliphatic carbocycles. The summed E-state index contributed by atoms with van der Waals surface area (Å²) in [6.07, 6.45) is 3.86. The minimum atomic E-state index is -1.18. The number of hydrogen-bond acceptors (Lipinski definition) is 5. The molecule has 2 heterocycles. The van der Waals surface area contributed by atoms with Crippen molar-refractivity contribution in [3.8, 4) is 0 Å². The third kappa shape index (κ3) is 6.29. The number of aromatic amines is 1. The molecule has 4 atom stereocenters. The number of para-hydroxylation sites is 1. The van der Waals surface area contributed by atoms with E-state index in [2.05, 4.69) is 22.2 Å². The molecule has 41 heavy (non-hydrogen) atoms. The molecular formula is C32H34N4O5. The van der Waals surface area contributed by atoms with E-state index < -0.39 is 35.6 Å². The smallest absolute Gasteiger partial charge is 0.289 e. The Morgan fingerprint density at radius 2 is 1.83 bits per heavy atom. The van der Waals surface area contributed by atoms with Crippen LogP contribution in [-0.4, -0.2) is 57.8 Å².